The minimum atomic E-state index is -4.07. The van der Waals surface area contributed by atoms with Gasteiger partial charge in [0.2, 0.25) is 0 Å². The van der Waals surface area contributed by atoms with Gasteiger partial charge >= 0.3 is 5.97 Å². The molecular weight excluding hydrogens is 429 g/mol. The van der Waals surface area contributed by atoms with E-state index in [2.05, 4.69) is 0 Å². The van der Waals surface area contributed by atoms with Gasteiger partial charge < -0.3 is 5.11 Å². The number of carbonyl (C=O) groups is 1. The molecule has 156 valence electrons. The van der Waals surface area contributed by atoms with Crippen molar-refractivity contribution in [2.75, 3.05) is 4.31 Å². The predicted molar refractivity (Wildman–Crippen MR) is 115 cm³/mol. The summed E-state index contributed by atoms with van der Waals surface area (Å²) in [6, 6.07) is 16.2. The highest BCUT2D eigenvalue weighted by molar-refractivity contribution is 7.93. The number of fused-ring (bicyclic) bond motifs is 1. The molecule has 8 heteroatoms. The molecule has 3 aromatic rings. The number of benzene rings is 3. The van der Waals surface area contributed by atoms with Crippen LogP contribution in [0.3, 0.4) is 0 Å². The summed E-state index contributed by atoms with van der Waals surface area (Å²) in [5.74, 6) is -1.53. The number of hydrogen-bond donors (Lipinski definition) is 1. The third kappa shape index (κ3) is 3.66. The molecule has 30 heavy (non-hydrogen) atoms. The maximum atomic E-state index is 13.3. The summed E-state index contributed by atoms with van der Waals surface area (Å²) in [6.07, 6.45) is 0.123. The van der Waals surface area contributed by atoms with Crippen LogP contribution in [0.25, 0.3) is 11.1 Å². The molecule has 1 N–H and O–H groups in total. The topological polar surface area (TPSA) is 74.7 Å². The van der Waals surface area contributed by atoms with E-state index < -0.39 is 22.0 Å². The van der Waals surface area contributed by atoms with Crippen LogP contribution in [0.2, 0.25) is 0 Å². The Morgan fingerprint density at radius 2 is 1.73 bits per heavy atom. The van der Waals surface area contributed by atoms with E-state index in [0.717, 1.165) is 21.0 Å². The smallest absolute Gasteiger partial charge is 0.327 e. The van der Waals surface area contributed by atoms with E-state index in [0.29, 0.717) is 11.3 Å². The number of carboxylic acids is 1. The van der Waals surface area contributed by atoms with Crippen molar-refractivity contribution >= 4 is 34.1 Å². The van der Waals surface area contributed by atoms with Crippen LogP contribution in [-0.4, -0.2) is 25.5 Å². The lowest BCUT2D eigenvalue weighted by atomic mass is 10.0. The fourth-order valence-corrected chi connectivity index (χ4v) is 5.36. The third-order valence-corrected chi connectivity index (χ3v) is 6.96. The van der Waals surface area contributed by atoms with Gasteiger partial charge in [-0.15, -0.1) is 12.4 Å². The Balaban J connectivity index is 0.00000256. The fourth-order valence-electron chi connectivity index (χ4n) is 3.71. The first-order chi connectivity index (χ1) is 13.8. The quantitative estimate of drug-likeness (QED) is 0.642. The Bertz CT molecular complexity index is 1210. The van der Waals surface area contributed by atoms with Crippen LogP contribution >= 0.6 is 12.4 Å². The second-order valence-electron chi connectivity index (χ2n) is 6.97. The summed E-state index contributed by atoms with van der Waals surface area (Å²) in [5, 5.41) is 9.58. The van der Waals surface area contributed by atoms with Crippen LogP contribution in [0.4, 0.5) is 10.1 Å². The maximum Gasteiger partial charge on any atom is 0.327 e. The van der Waals surface area contributed by atoms with Crippen LogP contribution in [0.15, 0.2) is 71.6 Å². The number of rotatable bonds is 4. The number of anilines is 1. The van der Waals surface area contributed by atoms with Gasteiger partial charge in [0, 0.05) is 6.42 Å². The Labute approximate surface area is 180 Å². The highest BCUT2D eigenvalue weighted by Gasteiger charge is 2.42. The first-order valence-electron chi connectivity index (χ1n) is 9.01. The van der Waals surface area contributed by atoms with Crippen molar-refractivity contribution in [1.82, 2.24) is 0 Å². The van der Waals surface area contributed by atoms with E-state index in [9.17, 15) is 22.7 Å². The molecule has 0 fully saturated rings. The lowest BCUT2D eigenvalue weighted by Gasteiger charge is -2.24. The van der Waals surface area contributed by atoms with Crippen molar-refractivity contribution in [3.63, 3.8) is 0 Å². The number of carboxylic acid groups (broad SMARTS) is 1. The number of nitrogens with zero attached hydrogens (tertiary/aromatic N) is 1. The van der Waals surface area contributed by atoms with Crippen LogP contribution in [-0.2, 0) is 21.2 Å². The Morgan fingerprint density at radius 1 is 1.07 bits per heavy atom. The zero-order valence-corrected chi connectivity index (χ0v) is 17.6. The molecule has 4 rings (SSSR count). The van der Waals surface area contributed by atoms with Crippen molar-refractivity contribution in [2.24, 2.45) is 0 Å². The SMILES string of the molecule is Cc1cc(F)ccc1-c1ccc(S(=O)(=O)N2c3ccccc3C[C@H]2C(=O)O)cc1.Cl. The highest BCUT2D eigenvalue weighted by atomic mass is 35.5. The molecule has 1 heterocycles. The van der Waals surface area contributed by atoms with E-state index in [1.807, 2.05) is 0 Å². The molecule has 3 aromatic carbocycles. The average molecular weight is 448 g/mol. The summed E-state index contributed by atoms with van der Waals surface area (Å²) in [4.78, 5) is 11.7. The predicted octanol–water partition coefficient (Wildman–Crippen LogP) is 4.43. The fraction of sp³-hybridized carbons (Fsp3) is 0.136. The van der Waals surface area contributed by atoms with Crippen molar-refractivity contribution in [2.45, 2.75) is 24.3 Å². The monoisotopic (exact) mass is 447 g/mol. The highest BCUT2D eigenvalue weighted by Crippen LogP contribution is 2.37. The summed E-state index contributed by atoms with van der Waals surface area (Å²) in [6.45, 7) is 1.78. The van der Waals surface area contributed by atoms with Gasteiger partial charge in [-0.25, -0.2) is 17.6 Å². The van der Waals surface area contributed by atoms with Crippen molar-refractivity contribution < 1.29 is 22.7 Å². The van der Waals surface area contributed by atoms with Crippen molar-refractivity contribution in [3.8, 4) is 11.1 Å². The molecule has 0 saturated heterocycles. The molecule has 1 atom stereocenters. The number of hydrogen-bond acceptors (Lipinski definition) is 3. The second-order valence-corrected chi connectivity index (χ2v) is 8.79. The summed E-state index contributed by atoms with van der Waals surface area (Å²) in [5.41, 5.74) is 3.35. The zero-order chi connectivity index (χ0) is 20.8. The van der Waals surface area contributed by atoms with Crippen LogP contribution in [0, 0.1) is 12.7 Å². The van der Waals surface area contributed by atoms with Gasteiger partial charge in [-0.2, -0.15) is 0 Å². The average Bonchev–Trinajstić information content (AvgIpc) is 3.09. The third-order valence-electron chi connectivity index (χ3n) is 5.12. The van der Waals surface area contributed by atoms with Crippen LogP contribution < -0.4 is 4.31 Å². The van der Waals surface area contributed by atoms with Gasteiger partial charge in [0.1, 0.15) is 11.9 Å². The van der Waals surface area contributed by atoms with E-state index in [1.54, 1.807) is 49.4 Å². The van der Waals surface area contributed by atoms with Gasteiger partial charge in [-0.3, -0.25) is 4.31 Å². The van der Waals surface area contributed by atoms with Crippen molar-refractivity contribution in [1.29, 1.82) is 0 Å². The van der Waals surface area contributed by atoms with Gasteiger partial charge in [-0.05, 0) is 59.5 Å². The molecular formula is C22H19ClFNO4S. The summed E-state index contributed by atoms with van der Waals surface area (Å²) >= 11 is 0. The Hall–Kier alpha value is -2.90. The number of halogens is 2. The van der Waals surface area contributed by atoms with Gasteiger partial charge in [-0.1, -0.05) is 36.4 Å². The molecule has 0 aromatic heterocycles. The lowest BCUT2D eigenvalue weighted by molar-refractivity contribution is -0.138. The van der Waals surface area contributed by atoms with Gasteiger partial charge in [0.05, 0.1) is 10.6 Å². The first-order valence-corrected chi connectivity index (χ1v) is 10.4. The molecule has 5 nitrogen and oxygen atoms in total. The van der Waals surface area contributed by atoms with Crippen LogP contribution in [0.1, 0.15) is 11.1 Å². The molecule has 1 aliphatic rings. The summed E-state index contributed by atoms with van der Waals surface area (Å²) < 4.78 is 40.9. The zero-order valence-electron chi connectivity index (χ0n) is 15.9. The van der Waals surface area contributed by atoms with E-state index >= 15 is 0 Å². The van der Waals surface area contributed by atoms with E-state index in [1.165, 1.54) is 24.3 Å². The minimum Gasteiger partial charge on any atom is -0.480 e. The number of para-hydroxylation sites is 1. The van der Waals surface area contributed by atoms with E-state index in [4.69, 9.17) is 0 Å². The largest absolute Gasteiger partial charge is 0.480 e. The van der Waals surface area contributed by atoms with Gasteiger partial charge in [0.15, 0.2) is 0 Å². The first kappa shape index (κ1) is 21.8. The second kappa shape index (κ2) is 8.08. The molecule has 0 saturated carbocycles. The maximum absolute atomic E-state index is 13.3. The normalized spacial score (nSPS) is 15.4. The molecule has 0 amide bonds. The molecule has 0 bridgehead atoms. The number of aryl methyl sites for hydroxylation is 1. The molecule has 0 spiro atoms. The summed E-state index contributed by atoms with van der Waals surface area (Å²) in [7, 11) is -4.07. The Kier molecular flexibility index (Phi) is 5.87. The van der Waals surface area contributed by atoms with Gasteiger partial charge in [0.25, 0.3) is 10.0 Å². The molecule has 0 aliphatic carbocycles. The molecule has 1 aliphatic heterocycles. The minimum absolute atomic E-state index is 0. The molecule has 0 radical (unpaired) electrons. The van der Waals surface area contributed by atoms with Crippen LogP contribution in [0.5, 0.6) is 0 Å². The standard InChI is InChI=1S/C22H18FNO4S.ClH/c1-14-12-17(23)8-11-19(14)15-6-9-18(10-7-15)29(27,28)24-20-5-3-2-4-16(20)13-21(24)22(25)26;/h2-12,21H,13H2,1H3,(H,25,26);1H/t21-;/m0./s1. The lowest BCUT2D eigenvalue weighted by Crippen LogP contribution is -2.42. The number of sulfonamides is 1. The van der Waals surface area contributed by atoms with E-state index in [-0.39, 0.29) is 29.5 Å². The Morgan fingerprint density at radius 3 is 2.37 bits per heavy atom. The number of aliphatic carboxylic acids is 1. The van der Waals surface area contributed by atoms with Crippen molar-refractivity contribution in [3.05, 3.63) is 83.7 Å². The molecule has 0 unspecified atom stereocenters.